The number of phosphoric acid groups is 1. The number of rotatable bonds is 12. The quantitative estimate of drug-likeness (QED) is 0.309. The summed E-state index contributed by atoms with van der Waals surface area (Å²) in [5.74, 6) is 0.0190. The summed E-state index contributed by atoms with van der Waals surface area (Å²) < 4.78 is 27.9. The van der Waals surface area contributed by atoms with Gasteiger partial charge in [0, 0.05) is 32.4 Å². The van der Waals surface area contributed by atoms with Crippen LogP contribution >= 0.6 is 19.6 Å². The molecule has 0 radical (unpaired) electrons. The number of amides is 1. The maximum Gasteiger partial charge on any atom is 0.474 e. The maximum atomic E-state index is 12.4. The van der Waals surface area contributed by atoms with Crippen LogP contribution in [0.3, 0.4) is 0 Å². The topological polar surface area (TPSA) is 120 Å². The normalized spacial score (nSPS) is 14.9. The van der Waals surface area contributed by atoms with Gasteiger partial charge < -0.3 is 10.3 Å². The van der Waals surface area contributed by atoms with Crippen molar-refractivity contribution >= 4 is 36.7 Å². The minimum Gasteiger partial charge on any atom is -0.350 e. The van der Waals surface area contributed by atoms with Gasteiger partial charge in [-0.2, -0.15) is 0 Å². The van der Waals surface area contributed by atoms with Crippen molar-refractivity contribution < 1.29 is 27.7 Å². The fourth-order valence-electron chi connectivity index (χ4n) is 1.70. The molecular formula is C15H24N3O6PS. The second-order valence-corrected chi connectivity index (χ2v) is 8.02. The number of aromatic amines is 1. The van der Waals surface area contributed by atoms with Crippen molar-refractivity contribution in [2.45, 2.75) is 26.4 Å². The van der Waals surface area contributed by atoms with E-state index in [4.69, 9.17) is 13.6 Å². The molecule has 1 aromatic heterocycles. The number of nitrogens with zero attached hydrogens (tertiary/aromatic N) is 1. The van der Waals surface area contributed by atoms with E-state index in [-0.39, 0.29) is 24.2 Å². The highest BCUT2D eigenvalue weighted by Gasteiger charge is 2.29. The molecule has 2 N–H and O–H groups in total. The third kappa shape index (κ3) is 9.30. The van der Waals surface area contributed by atoms with E-state index < -0.39 is 13.9 Å². The van der Waals surface area contributed by atoms with Gasteiger partial charge in [-0.25, -0.2) is 9.55 Å². The van der Waals surface area contributed by atoms with E-state index in [1.165, 1.54) is 26.4 Å². The van der Waals surface area contributed by atoms with Crippen LogP contribution in [0.4, 0.5) is 0 Å². The number of carbonyl (C=O) groups is 2. The molecule has 1 rings (SSSR count). The molecule has 11 heteroatoms. The van der Waals surface area contributed by atoms with Crippen molar-refractivity contribution in [2.75, 3.05) is 26.0 Å². The smallest absolute Gasteiger partial charge is 0.350 e. The molecule has 0 aliphatic rings. The Morgan fingerprint density at radius 3 is 2.85 bits per heavy atom. The zero-order valence-electron chi connectivity index (χ0n) is 15.0. The Labute approximate surface area is 156 Å². The zero-order valence-corrected chi connectivity index (χ0v) is 16.7. The van der Waals surface area contributed by atoms with Crippen LogP contribution in [0, 0.1) is 0 Å². The number of H-pyrrole nitrogens is 1. The molecule has 0 bridgehead atoms. The van der Waals surface area contributed by atoms with Crippen LogP contribution in [-0.2, 0) is 27.7 Å². The molecule has 1 aromatic rings. The molecule has 0 aliphatic carbocycles. The predicted molar refractivity (Wildman–Crippen MR) is 99.5 cm³/mol. The lowest BCUT2D eigenvalue weighted by molar-refractivity contribution is -0.117. The highest BCUT2D eigenvalue weighted by molar-refractivity contribution is 8.13. The molecule has 0 aliphatic heterocycles. The fourth-order valence-corrected chi connectivity index (χ4v) is 3.43. The van der Waals surface area contributed by atoms with Crippen LogP contribution in [0.25, 0.3) is 6.08 Å². The van der Waals surface area contributed by atoms with E-state index in [9.17, 15) is 14.2 Å². The molecule has 0 aromatic carbocycles. The third-order valence-electron chi connectivity index (χ3n) is 3.03. The van der Waals surface area contributed by atoms with Crippen molar-refractivity contribution in [1.29, 1.82) is 0 Å². The first kappa shape index (κ1) is 22.6. The molecule has 0 saturated heterocycles. The lowest BCUT2D eigenvalue weighted by atomic mass is 10.3. The maximum absolute atomic E-state index is 12.4. The van der Waals surface area contributed by atoms with Crippen molar-refractivity contribution in [3.8, 4) is 0 Å². The number of hydrogen-bond acceptors (Lipinski definition) is 8. The van der Waals surface area contributed by atoms with Gasteiger partial charge in [0.15, 0.2) is 5.12 Å². The number of carbonyl (C=O) groups excluding carboxylic acids is 2. The van der Waals surface area contributed by atoms with Crippen LogP contribution in [0.5, 0.6) is 0 Å². The molecular weight excluding hydrogens is 381 g/mol. The standard InChI is InChI=1S/C15H24N3O6PS/c1-4-14(10-17-15(20)6-5-13-9-16-11-18-13)24-25(21,22-3)23-7-8-26-12(2)19/h5-6,9,11,14H,4,7-8,10H2,1-3H3,(H,16,18)(H,17,20)/b6-5+. The second-order valence-electron chi connectivity index (χ2n) is 5.02. The van der Waals surface area contributed by atoms with Crippen LogP contribution in [0.15, 0.2) is 18.6 Å². The van der Waals surface area contributed by atoms with Gasteiger partial charge in [0.05, 0.1) is 30.9 Å². The Bertz CT molecular complexity index is 637. The van der Waals surface area contributed by atoms with Gasteiger partial charge in [0.25, 0.3) is 0 Å². The van der Waals surface area contributed by atoms with Gasteiger partial charge in [0.1, 0.15) is 0 Å². The fraction of sp³-hybridized carbons (Fsp3) is 0.533. The average Bonchev–Trinajstić information content (AvgIpc) is 3.14. The average molecular weight is 405 g/mol. The Morgan fingerprint density at radius 1 is 1.50 bits per heavy atom. The van der Waals surface area contributed by atoms with Gasteiger partial charge >= 0.3 is 7.82 Å². The van der Waals surface area contributed by atoms with Crippen molar-refractivity contribution in [2.24, 2.45) is 0 Å². The highest BCUT2D eigenvalue weighted by atomic mass is 32.2. The predicted octanol–water partition coefficient (Wildman–Crippen LogP) is 2.39. The van der Waals surface area contributed by atoms with Gasteiger partial charge in [-0.1, -0.05) is 18.7 Å². The van der Waals surface area contributed by atoms with Gasteiger partial charge in [-0.15, -0.1) is 0 Å². The minimum atomic E-state index is -3.75. The summed E-state index contributed by atoms with van der Waals surface area (Å²) in [5.41, 5.74) is 0.698. The molecule has 9 nitrogen and oxygen atoms in total. The van der Waals surface area contributed by atoms with Crippen molar-refractivity contribution in [1.82, 2.24) is 15.3 Å². The SMILES string of the molecule is CCC(CNC(=O)/C=C/c1cnc[nH]1)OP(=O)(OC)OCCSC(C)=O. The molecule has 2 unspecified atom stereocenters. The van der Waals surface area contributed by atoms with E-state index >= 15 is 0 Å². The molecule has 146 valence electrons. The van der Waals surface area contributed by atoms with Gasteiger partial charge in [-0.05, 0) is 12.5 Å². The summed E-state index contributed by atoms with van der Waals surface area (Å²) in [6, 6.07) is 0. The van der Waals surface area contributed by atoms with Crippen LogP contribution in [0.2, 0.25) is 0 Å². The van der Waals surface area contributed by atoms with E-state index in [1.807, 2.05) is 6.92 Å². The van der Waals surface area contributed by atoms with Crippen LogP contribution in [-0.4, -0.2) is 53.1 Å². The second kappa shape index (κ2) is 12.0. The molecule has 26 heavy (non-hydrogen) atoms. The summed E-state index contributed by atoms with van der Waals surface area (Å²) in [7, 11) is -2.54. The number of nitrogens with one attached hydrogen (secondary N) is 2. The van der Waals surface area contributed by atoms with Gasteiger partial charge in [0.2, 0.25) is 5.91 Å². The van der Waals surface area contributed by atoms with E-state index in [1.54, 1.807) is 12.3 Å². The monoisotopic (exact) mass is 405 g/mol. The molecule has 0 fully saturated rings. The molecule has 1 amide bonds. The first-order chi connectivity index (χ1) is 12.4. The van der Waals surface area contributed by atoms with Crippen molar-refractivity contribution in [3.63, 3.8) is 0 Å². The van der Waals surface area contributed by atoms with E-state index in [0.717, 1.165) is 11.8 Å². The van der Waals surface area contributed by atoms with Crippen LogP contribution in [0.1, 0.15) is 26.0 Å². The molecule has 0 spiro atoms. The van der Waals surface area contributed by atoms with Gasteiger partial charge in [-0.3, -0.25) is 23.2 Å². The highest BCUT2D eigenvalue weighted by Crippen LogP contribution is 2.50. The summed E-state index contributed by atoms with van der Waals surface area (Å²) >= 11 is 1.06. The summed E-state index contributed by atoms with van der Waals surface area (Å²) in [5, 5.41) is 2.60. The Hall–Kier alpha value is -1.45. The number of thioether (sulfide) groups is 1. The zero-order chi connectivity index (χ0) is 19.4. The first-order valence-corrected chi connectivity index (χ1v) is 10.4. The minimum absolute atomic E-state index is 0.0467. The Morgan fingerprint density at radius 2 is 2.27 bits per heavy atom. The Balaban J connectivity index is 2.43. The third-order valence-corrected chi connectivity index (χ3v) is 5.31. The lowest BCUT2D eigenvalue weighted by Crippen LogP contribution is -2.32. The summed E-state index contributed by atoms with van der Waals surface area (Å²) in [4.78, 5) is 29.4. The van der Waals surface area contributed by atoms with Crippen LogP contribution < -0.4 is 5.32 Å². The summed E-state index contributed by atoms with van der Waals surface area (Å²) in [6.45, 7) is 3.45. The Kier molecular flexibility index (Phi) is 10.5. The molecule has 1 heterocycles. The van der Waals surface area contributed by atoms with E-state index in [2.05, 4.69) is 15.3 Å². The molecule has 2 atom stereocenters. The number of imidazole rings is 1. The summed E-state index contributed by atoms with van der Waals surface area (Å²) in [6.07, 6.45) is 5.97. The van der Waals surface area contributed by atoms with E-state index in [0.29, 0.717) is 17.9 Å². The first-order valence-electron chi connectivity index (χ1n) is 7.95. The van der Waals surface area contributed by atoms with Crippen molar-refractivity contribution in [3.05, 3.63) is 24.3 Å². The number of phosphoric ester groups is 1. The largest absolute Gasteiger partial charge is 0.474 e. The molecule has 0 saturated carbocycles. The number of aromatic nitrogens is 2. The number of hydrogen-bond donors (Lipinski definition) is 2. The lowest BCUT2D eigenvalue weighted by Gasteiger charge is -2.22.